The lowest BCUT2D eigenvalue weighted by Crippen LogP contribution is -2.04. The topological polar surface area (TPSA) is 64.3 Å². The van der Waals surface area contributed by atoms with Crippen LogP contribution in [-0.4, -0.2) is 28.0 Å². The number of ether oxygens (including phenoxy) is 1. The van der Waals surface area contributed by atoms with Gasteiger partial charge in [-0.05, 0) is 30.2 Å². The average molecular weight is 260 g/mol. The number of carboxylic acids is 1. The van der Waals surface area contributed by atoms with Crippen LogP contribution in [0.2, 0.25) is 0 Å². The van der Waals surface area contributed by atoms with Gasteiger partial charge in [-0.15, -0.1) is 0 Å². The number of benzene rings is 1. The lowest BCUT2D eigenvalue weighted by atomic mass is 10.0. The van der Waals surface area contributed by atoms with Gasteiger partial charge in [0.15, 0.2) is 0 Å². The highest BCUT2D eigenvalue weighted by atomic mass is 16.5. The van der Waals surface area contributed by atoms with Crippen LogP contribution in [0.3, 0.4) is 0 Å². The van der Waals surface area contributed by atoms with Crippen LogP contribution in [0.1, 0.15) is 23.0 Å². The summed E-state index contributed by atoms with van der Waals surface area (Å²) in [5.74, 6) is -0.306. The number of methoxy groups -OCH3 is 1. The molecular formula is C14H16N2O3. The van der Waals surface area contributed by atoms with Crippen molar-refractivity contribution in [3.63, 3.8) is 0 Å². The van der Waals surface area contributed by atoms with E-state index in [1.165, 1.54) is 4.68 Å². The van der Waals surface area contributed by atoms with Gasteiger partial charge in [0.05, 0.1) is 12.8 Å². The van der Waals surface area contributed by atoms with Gasteiger partial charge in [0.2, 0.25) is 0 Å². The molecule has 5 nitrogen and oxygen atoms in total. The maximum Gasteiger partial charge on any atom is 0.354 e. The van der Waals surface area contributed by atoms with Gasteiger partial charge in [0.25, 0.3) is 0 Å². The highest BCUT2D eigenvalue weighted by Gasteiger charge is 2.15. The first-order valence-corrected chi connectivity index (χ1v) is 6.01. The molecule has 2 aromatic rings. The third kappa shape index (κ3) is 2.45. The van der Waals surface area contributed by atoms with Crippen LogP contribution in [0.15, 0.2) is 24.3 Å². The molecule has 0 unspecified atom stereocenters. The number of hydrogen-bond donors (Lipinski definition) is 1. The molecule has 0 bridgehead atoms. The maximum absolute atomic E-state index is 11.1. The molecule has 1 heterocycles. The Hall–Kier alpha value is -2.30. The second kappa shape index (κ2) is 5.14. The standard InChI is InChI=1S/C14H16N2O3/c1-4-9-5-6-13(19-3)10(7-9)11-8-12(14(17)18)16(2)15-11/h5-8H,4H2,1-3H3,(H,17,18). The monoisotopic (exact) mass is 260 g/mol. The number of aryl methyl sites for hydroxylation is 2. The van der Waals surface area contributed by atoms with Crippen LogP contribution in [0.25, 0.3) is 11.3 Å². The zero-order chi connectivity index (χ0) is 14.0. The summed E-state index contributed by atoms with van der Waals surface area (Å²) >= 11 is 0. The Balaban J connectivity index is 2.57. The maximum atomic E-state index is 11.1. The number of hydrogen-bond acceptors (Lipinski definition) is 3. The summed E-state index contributed by atoms with van der Waals surface area (Å²) in [4.78, 5) is 11.1. The number of nitrogens with zero attached hydrogens (tertiary/aromatic N) is 2. The summed E-state index contributed by atoms with van der Waals surface area (Å²) in [7, 11) is 3.20. The van der Waals surface area contributed by atoms with Gasteiger partial charge in [-0.1, -0.05) is 13.0 Å². The lowest BCUT2D eigenvalue weighted by molar-refractivity contribution is 0.0685. The van der Waals surface area contributed by atoms with Crippen molar-refractivity contribution in [3.05, 3.63) is 35.5 Å². The van der Waals surface area contributed by atoms with Crippen molar-refractivity contribution in [2.75, 3.05) is 7.11 Å². The number of rotatable bonds is 4. The Morgan fingerprint density at radius 3 is 2.68 bits per heavy atom. The molecular weight excluding hydrogens is 244 g/mol. The molecule has 0 spiro atoms. The molecule has 1 N–H and O–H groups in total. The highest BCUT2D eigenvalue weighted by molar-refractivity contribution is 5.87. The van der Waals surface area contributed by atoms with Crippen molar-refractivity contribution in [1.29, 1.82) is 0 Å². The third-order valence-corrected chi connectivity index (χ3v) is 3.05. The van der Waals surface area contributed by atoms with Crippen molar-refractivity contribution in [3.8, 4) is 17.0 Å². The zero-order valence-electron chi connectivity index (χ0n) is 11.2. The summed E-state index contributed by atoms with van der Waals surface area (Å²) < 4.78 is 6.67. The normalized spacial score (nSPS) is 10.5. The summed E-state index contributed by atoms with van der Waals surface area (Å²) in [6.07, 6.45) is 0.898. The van der Waals surface area contributed by atoms with E-state index in [0.29, 0.717) is 11.4 Å². The summed E-state index contributed by atoms with van der Waals surface area (Å²) in [5.41, 5.74) is 2.72. The molecule has 1 aromatic carbocycles. The first-order chi connectivity index (χ1) is 9.06. The minimum Gasteiger partial charge on any atom is -0.496 e. The number of carbonyl (C=O) groups is 1. The Morgan fingerprint density at radius 2 is 2.16 bits per heavy atom. The third-order valence-electron chi connectivity index (χ3n) is 3.05. The SMILES string of the molecule is CCc1ccc(OC)c(-c2cc(C(=O)O)n(C)n2)c1. The molecule has 1 aromatic heterocycles. The molecule has 0 atom stereocenters. The van der Waals surface area contributed by atoms with E-state index in [2.05, 4.69) is 12.0 Å². The zero-order valence-corrected chi connectivity index (χ0v) is 11.2. The number of aromatic carboxylic acids is 1. The molecule has 0 aliphatic heterocycles. The molecule has 0 aliphatic carbocycles. The van der Waals surface area contributed by atoms with Crippen LogP contribution >= 0.6 is 0 Å². The molecule has 19 heavy (non-hydrogen) atoms. The van der Waals surface area contributed by atoms with E-state index >= 15 is 0 Å². The van der Waals surface area contributed by atoms with E-state index in [4.69, 9.17) is 9.84 Å². The van der Waals surface area contributed by atoms with Crippen LogP contribution in [0.5, 0.6) is 5.75 Å². The van der Waals surface area contributed by atoms with Crippen LogP contribution in [0, 0.1) is 0 Å². The Labute approximate surface area is 111 Å². The molecule has 0 saturated carbocycles. The van der Waals surface area contributed by atoms with E-state index < -0.39 is 5.97 Å². The van der Waals surface area contributed by atoms with Crippen LogP contribution in [0.4, 0.5) is 0 Å². The van der Waals surface area contributed by atoms with Crippen molar-refractivity contribution in [1.82, 2.24) is 9.78 Å². The number of aromatic nitrogens is 2. The van der Waals surface area contributed by atoms with E-state index in [0.717, 1.165) is 17.5 Å². The lowest BCUT2D eigenvalue weighted by Gasteiger charge is -2.07. The molecule has 2 rings (SSSR count). The summed E-state index contributed by atoms with van der Waals surface area (Å²) in [6.45, 7) is 2.06. The fourth-order valence-corrected chi connectivity index (χ4v) is 1.97. The quantitative estimate of drug-likeness (QED) is 0.916. The van der Waals surface area contributed by atoms with Gasteiger partial charge in [-0.2, -0.15) is 5.10 Å². The molecule has 5 heteroatoms. The predicted molar refractivity (Wildman–Crippen MR) is 71.5 cm³/mol. The summed E-state index contributed by atoms with van der Waals surface area (Å²) in [6, 6.07) is 7.40. The Bertz CT molecular complexity index is 617. The van der Waals surface area contributed by atoms with Gasteiger partial charge < -0.3 is 9.84 Å². The van der Waals surface area contributed by atoms with E-state index in [1.807, 2.05) is 18.2 Å². The van der Waals surface area contributed by atoms with Crippen LogP contribution in [-0.2, 0) is 13.5 Å². The van der Waals surface area contributed by atoms with Gasteiger partial charge in [0, 0.05) is 12.6 Å². The predicted octanol–water partition coefficient (Wildman–Crippen LogP) is 2.36. The molecule has 0 radical (unpaired) electrons. The molecule has 0 amide bonds. The van der Waals surface area contributed by atoms with Crippen molar-refractivity contribution >= 4 is 5.97 Å². The van der Waals surface area contributed by atoms with Crippen molar-refractivity contribution < 1.29 is 14.6 Å². The van der Waals surface area contributed by atoms with Crippen molar-refractivity contribution in [2.45, 2.75) is 13.3 Å². The Kier molecular flexibility index (Phi) is 3.55. The van der Waals surface area contributed by atoms with Gasteiger partial charge in [0.1, 0.15) is 11.4 Å². The fraction of sp³-hybridized carbons (Fsp3) is 0.286. The largest absolute Gasteiger partial charge is 0.496 e. The molecule has 0 fully saturated rings. The van der Waals surface area contributed by atoms with Gasteiger partial charge in [-0.25, -0.2) is 4.79 Å². The smallest absolute Gasteiger partial charge is 0.354 e. The first-order valence-electron chi connectivity index (χ1n) is 6.01. The number of carboxylic acid groups (broad SMARTS) is 1. The average Bonchev–Trinajstić information content (AvgIpc) is 2.80. The second-order valence-electron chi connectivity index (χ2n) is 4.23. The second-order valence-corrected chi connectivity index (χ2v) is 4.23. The summed E-state index contributed by atoms with van der Waals surface area (Å²) in [5, 5.41) is 13.3. The highest BCUT2D eigenvalue weighted by Crippen LogP contribution is 2.30. The molecule has 0 aliphatic rings. The van der Waals surface area contributed by atoms with E-state index in [-0.39, 0.29) is 5.69 Å². The van der Waals surface area contributed by atoms with E-state index in [1.54, 1.807) is 20.2 Å². The van der Waals surface area contributed by atoms with Gasteiger partial charge >= 0.3 is 5.97 Å². The van der Waals surface area contributed by atoms with Crippen molar-refractivity contribution in [2.24, 2.45) is 7.05 Å². The minimum absolute atomic E-state index is 0.152. The Morgan fingerprint density at radius 1 is 1.42 bits per heavy atom. The van der Waals surface area contributed by atoms with Crippen LogP contribution < -0.4 is 4.74 Å². The minimum atomic E-state index is -0.994. The molecule has 100 valence electrons. The van der Waals surface area contributed by atoms with E-state index in [9.17, 15) is 4.79 Å². The molecule has 0 saturated heterocycles. The fourth-order valence-electron chi connectivity index (χ4n) is 1.97. The first kappa shape index (κ1) is 13.1. The van der Waals surface area contributed by atoms with Gasteiger partial charge in [-0.3, -0.25) is 4.68 Å².